The molecular formula is C45H35Cl2Zr. The second-order valence-corrected chi connectivity index (χ2v) is 15.7. The van der Waals surface area contributed by atoms with Crippen LogP contribution >= 0.6 is 0 Å². The molecule has 5 aromatic rings. The summed E-state index contributed by atoms with van der Waals surface area (Å²) in [7, 11) is 0. The van der Waals surface area contributed by atoms with E-state index < -0.39 is 22.8 Å². The van der Waals surface area contributed by atoms with E-state index in [0.29, 0.717) is 0 Å². The summed E-state index contributed by atoms with van der Waals surface area (Å²) in [6.07, 6.45) is 10.5. The minimum absolute atomic E-state index is 0. The van der Waals surface area contributed by atoms with Crippen molar-refractivity contribution in [2.24, 2.45) is 0 Å². The summed E-state index contributed by atoms with van der Waals surface area (Å²) in [6.45, 7) is 4.70. The smallest absolute Gasteiger partial charge is 1.00 e. The van der Waals surface area contributed by atoms with Crippen molar-refractivity contribution in [2.45, 2.75) is 25.7 Å². The first-order chi connectivity index (χ1) is 22.6. The zero-order valence-electron chi connectivity index (χ0n) is 27.1. The minimum atomic E-state index is -1.40. The maximum atomic E-state index is 2.58. The molecule has 0 spiro atoms. The SMILES string of the molecule is Cc1ccc2c(c1)=[C]([Zr+2]=[C](c1ccccc1)c1ccccc1)C1=C(C3=CC=CC3)C(C)(c3ccccc3)C=C(c3ccccc3)C=21.[Cl-].[Cl-]. The molecule has 0 fully saturated rings. The molecule has 1 unspecified atom stereocenters. The number of allylic oxidation sites excluding steroid dienone is 8. The number of hydrogen-bond acceptors (Lipinski definition) is 0. The van der Waals surface area contributed by atoms with Gasteiger partial charge < -0.3 is 24.8 Å². The van der Waals surface area contributed by atoms with Crippen LogP contribution in [0.2, 0.25) is 0 Å². The molecule has 0 radical (unpaired) electrons. The topological polar surface area (TPSA) is 0 Å². The van der Waals surface area contributed by atoms with E-state index >= 15 is 0 Å². The Labute approximate surface area is 307 Å². The summed E-state index contributed by atoms with van der Waals surface area (Å²) in [5.74, 6) is 0. The molecule has 3 aliphatic carbocycles. The third-order valence-electron chi connectivity index (χ3n) is 9.61. The van der Waals surface area contributed by atoms with Gasteiger partial charge in [-0.2, -0.15) is 0 Å². The van der Waals surface area contributed by atoms with Gasteiger partial charge in [-0.25, -0.2) is 0 Å². The summed E-state index contributed by atoms with van der Waals surface area (Å²) in [4.78, 5) is 0. The summed E-state index contributed by atoms with van der Waals surface area (Å²) < 4.78 is 3.11. The summed E-state index contributed by atoms with van der Waals surface area (Å²) in [6, 6.07) is 51.7. The first kappa shape index (κ1) is 34.0. The molecule has 5 aromatic carbocycles. The molecule has 0 aromatic heterocycles. The maximum absolute atomic E-state index is 2.58. The Balaban J connectivity index is 0.00000201. The van der Waals surface area contributed by atoms with Crippen LogP contribution in [0.25, 0.3) is 14.4 Å². The molecular weight excluding hydrogens is 703 g/mol. The largest absolute Gasteiger partial charge is 1.00 e. The van der Waals surface area contributed by atoms with Crippen LogP contribution in [0.4, 0.5) is 0 Å². The Kier molecular flexibility index (Phi) is 10.1. The van der Waals surface area contributed by atoms with Crippen molar-refractivity contribution in [1.82, 2.24) is 0 Å². The van der Waals surface area contributed by atoms with Gasteiger partial charge in [0.25, 0.3) is 0 Å². The number of benzene rings is 5. The van der Waals surface area contributed by atoms with Gasteiger partial charge in [0.05, 0.1) is 0 Å². The molecule has 3 heteroatoms. The molecule has 233 valence electrons. The predicted molar refractivity (Wildman–Crippen MR) is 190 cm³/mol. The second kappa shape index (κ2) is 14.3. The van der Waals surface area contributed by atoms with Crippen LogP contribution in [0.1, 0.15) is 41.2 Å². The first-order valence-corrected chi connectivity index (χ1v) is 18.6. The molecule has 3 aliphatic rings. The van der Waals surface area contributed by atoms with E-state index in [1.807, 2.05) is 0 Å². The third-order valence-corrected chi connectivity index (χ3v) is 13.5. The van der Waals surface area contributed by atoms with Crippen molar-refractivity contribution in [2.75, 3.05) is 0 Å². The van der Waals surface area contributed by atoms with Gasteiger partial charge in [-0.1, -0.05) is 0 Å². The Morgan fingerprint density at radius 3 is 1.81 bits per heavy atom. The Morgan fingerprint density at radius 1 is 0.646 bits per heavy atom. The van der Waals surface area contributed by atoms with E-state index in [4.69, 9.17) is 0 Å². The van der Waals surface area contributed by atoms with Gasteiger partial charge in [-0.05, 0) is 0 Å². The van der Waals surface area contributed by atoms with E-state index in [9.17, 15) is 0 Å². The van der Waals surface area contributed by atoms with Gasteiger partial charge in [0, 0.05) is 0 Å². The van der Waals surface area contributed by atoms with Gasteiger partial charge in [-0.3, -0.25) is 0 Å². The molecule has 0 amide bonds. The van der Waals surface area contributed by atoms with Gasteiger partial charge in [0.15, 0.2) is 0 Å². The first-order valence-electron chi connectivity index (χ1n) is 16.2. The zero-order valence-corrected chi connectivity index (χ0v) is 31.0. The second-order valence-electron chi connectivity index (χ2n) is 12.6. The van der Waals surface area contributed by atoms with E-state index in [2.05, 4.69) is 178 Å². The van der Waals surface area contributed by atoms with Crippen LogP contribution in [0.15, 0.2) is 181 Å². The van der Waals surface area contributed by atoms with Crippen molar-refractivity contribution in [3.63, 3.8) is 0 Å². The van der Waals surface area contributed by atoms with Gasteiger partial charge in [-0.15, -0.1) is 0 Å². The number of halogens is 2. The van der Waals surface area contributed by atoms with Crippen LogP contribution < -0.4 is 35.3 Å². The quantitative estimate of drug-likeness (QED) is 0.252. The van der Waals surface area contributed by atoms with Gasteiger partial charge in [0.1, 0.15) is 0 Å². The van der Waals surface area contributed by atoms with E-state index in [-0.39, 0.29) is 30.2 Å². The number of aryl methyl sites for hydroxylation is 1. The van der Waals surface area contributed by atoms with Crippen molar-refractivity contribution in [3.05, 3.63) is 219 Å². The standard InChI is InChI=1S/C32H25.C13H10.2ClH.Zr/c1-22-17-18-27-25(19-22)20-28-30(27)29(23-11-5-3-6-12-23)21-32(2,26-15-7-4-8-16-26)31(28)24-13-9-10-14-24;1-3-7-12(8-4-1)11-13-9-5-2-6-10-13;;;/h3-13,15-19,21H,14H2,1-2H3;1-10H;2*1H;/q;;;;+2/p-2. The minimum Gasteiger partial charge on any atom is -1.00 e. The van der Waals surface area contributed by atoms with Gasteiger partial charge in [0.2, 0.25) is 0 Å². The zero-order chi connectivity index (χ0) is 31.1. The Bertz CT molecular complexity index is 2220. The molecule has 48 heavy (non-hydrogen) atoms. The fourth-order valence-electron chi connectivity index (χ4n) is 7.46. The molecule has 8 rings (SSSR count). The fourth-order valence-corrected chi connectivity index (χ4v) is 11.4. The van der Waals surface area contributed by atoms with Crippen molar-refractivity contribution in [3.8, 4) is 0 Å². The fraction of sp³-hybridized carbons (Fsp3) is 0.0889. The molecule has 0 heterocycles. The average molecular weight is 738 g/mol. The van der Waals surface area contributed by atoms with E-state index in [1.165, 1.54) is 69.3 Å². The summed E-state index contributed by atoms with van der Waals surface area (Å²) in [5.41, 5.74) is 13.5. The van der Waals surface area contributed by atoms with Crippen molar-refractivity contribution in [1.29, 1.82) is 0 Å². The van der Waals surface area contributed by atoms with Gasteiger partial charge >= 0.3 is 285 Å². The molecule has 0 N–H and O–H groups in total. The molecule has 0 saturated heterocycles. The number of fused-ring (bicyclic) bond motifs is 2. The van der Waals surface area contributed by atoms with Crippen molar-refractivity contribution < 1.29 is 47.6 Å². The molecule has 0 bridgehead atoms. The maximum Gasteiger partial charge on any atom is -1.00 e. The van der Waals surface area contributed by atoms with Crippen LogP contribution in [0.5, 0.6) is 0 Å². The van der Waals surface area contributed by atoms with Crippen molar-refractivity contribution >= 4 is 17.6 Å². The molecule has 1 atom stereocenters. The van der Waals surface area contributed by atoms with Crippen LogP contribution in [-0.2, 0) is 28.2 Å². The summed E-state index contributed by atoms with van der Waals surface area (Å²) >= 11 is -1.40. The van der Waals surface area contributed by atoms with Crippen LogP contribution in [0.3, 0.4) is 0 Å². The van der Waals surface area contributed by atoms with Crippen LogP contribution in [0, 0.1) is 6.92 Å². The Morgan fingerprint density at radius 2 is 1.23 bits per heavy atom. The average Bonchev–Trinajstić information content (AvgIpc) is 3.75. The van der Waals surface area contributed by atoms with Crippen LogP contribution in [-0.4, -0.2) is 3.21 Å². The molecule has 0 saturated carbocycles. The Hall–Kier alpha value is -3.87. The van der Waals surface area contributed by atoms with E-state index in [1.54, 1.807) is 3.28 Å². The van der Waals surface area contributed by atoms with E-state index in [0.717, 1.165) is 6.42 Å². The molecule has 0 nitrogen and oxygen atoms in total. The number of hydrogen-bond donors (Lipinski definition) is 0. The monoisotopic (exact) mass is 735 g/mol. The third kappa shape index (κ3) is 5.99. The number of rotatable bonds is 6. The molecule has 0 aliphatic heterocycles. The normalized spacial score (nSPS) is 17.4. The predicted octanol–water partition coefficient (Wildman–Crippen LogP) is 2.87. The summed E-state index contributed by atoms with van der Waals surface area (Å²) in [5, 5.41) is 2.82.